The molecule has 0 saturated heterocycles. The number of nitrogens with two attached hydrogens (primary N) is 1. The van der Waals surface area contributed by atoms with E-state index in [1.807, 2.05) is 0 Å². The summed E-state index contributed by atoms with van der Waals surface area (Å²) in [7, 11) is 0. The van der Waals surface area contributed by atoms with Crippen LogP contribution < -0.4 is 16.4 Å². The molecule has 0 aromatic rings. The summed E-state index contributed by atoms with van der Waals surface area (Å²) in [5, 5.41) is 21.7. The van der Waals surface area contributed by atoms with Gasteiger partial charge in [0.15, 0.2) is 0 Å². The van der Waals surface area contributed by atoms with Crippen LogP contribution in [0.4, 0.5) is 4.79 Å². The zero-order valence-corrected chi connectivity index (χ0v) is 7.69. The lowest BCUT2D eigenvalue weighted by atomic mass is 10.2. The number of carbonyl (C=O) groups excluding carboxylic acids is 1. The number of aliphatic carboxylic acids is 1. The van der Waals surface area contributed by atoms with Gasteiger partial charge in [-0.3, -0.25) is 0 Å². The Morgan fingerprint density at radius 2 is 2.07 bits per heavy atom. The highest BCUT2D eigenvalue weighted by atomic mass is 16.4. The molecular formula is C7H15N3O4. The molecule has 0 spiro atoms. The maximum absolute atomic E-state index is 11.0. The van der Waals surface area contributed by atoms with Gasteiger partial charge in [-0.05, 0) is 0 Å². The van der Waals surface area contributed by atoms with Crippen molar-refractivity contribution in [3.8, 4) is 0 Å². The molecule has 0 heterocycles. The molecule has 0 aliphatic carbocycles. The second-order valence-electron chi connectivity index (χ2n) is 2.59. The van der Waals surface area contributed by atoms with E-state index in [9.17, 15) is 9.59 Å². The summed E-state index contributed by atoms with van der Waals surface area (Å²) in [6.07, 6.45) is -0.0224. The number of rotatable bonds is 6. The summed E-state index contributed by atoms with van der Waals surface area (Å²) >= 11 is 0. The van der Waals surface area contributed by atoms with Gasteiger partial charge in [0, 0.05) is 26.1 Å². The van der Waals surface area contributed by atoms with Crippen LogP contribution in [-0.2, 0) is 4.79 Å². The molecule has 0 aromatic carbocycles. The number of aliphatic hydroxyl groups excluding tert-OH is 1. The quantitative estimate of drug-likeness (QED) is 0.345. The van der Waals surface area contributed by atoms with E-state index < -0.39 is 18.0 Å². The predicted octanol–water partition coefficient (Wildman–Crippen LogP) is -1.92. The highest BCUT2D eigenvalue weighted by molar-refractivity contribution is 5.82. The summed E-state index contributed by atoms with van der Waals surface area (Å²) in [5.74, 6) is -1.18. The average molecular weight is 205 g/mol. The zero-order valence-electron chi connectivity index (χ0n) is 7.69. The summed E-state index contributed by atoms with van der Waals surface area (Å²) in [6.45, 7) is 0.261. The van der Waals surface area contributed by atoms with Crippen molar-refractivity contribution in [2.75, 3.05) is 19.7 Å². The lowest BCUT2D eigenvalue weighted by Gasteiger charge is -2.13. The van der Waals surface area contributed by atoms with Crippen molar-refractivity contribution in [3.05, 3.63) is 0 Å². The first kappa shape index (κ1) is 12.7. The van der Waals surface area contributed by atoms with Crippen molar-refractivity contribution in [1.29, 1.82) is 0 Å². The molecule has 7 heteroatoms. The third-order valence-corrected chi connectivity index (χ3v) is 1.45. The molecule has 1 unspecified atom stereocenters. The fourth-order valence-electron chi connectivity index (χ4n) is 0.781. The van der Waals surface area contributed by atoms with Crippen molar-refractivity contribution in [2.45, 2.75) is 12.5 Å². The molecule has 0 rings (SSSR count). The minimum atomic E-state index is -1.18. The van der Waals surface area contributed by atoms with Gasteiger partial charge in [-0.1, -0.05) is 0 Å². The Balaban J connectivity index is 3.90. The van der Waals surface area contributed by atoms with Crippen molar-refractivity contribution in [3.63, 3.8) is 0 Å². The van der Waals surface area contributed by atoms with Crippen molar-refractivity contribution in [2.24, 2.45) is 5.73 Å². The molecule has 0 radical (unpaired) electrons. The number of hydrogen-bond donors (Lipinski definition) is 5. The summed E-state index contributed by atoms with van der Waals surface area (Å²) < 4.78 is 0. The molecule has 0 aliphatic rings. The summed E-state index contributed by atoms with van der Waals surface area (Å²) in [6, 6.07) is -1.67. The molecule has 0 aromatic heterocycles. The standard InChI is InChI=1S/C7H15N3O4/c8-2-3-9-7(14)10-5(1-4-11)6(12)13/h5,11H,1-4,8H2,(H,12,13)(H2,9,10,14). The van der Waals surface area contributed by atoms with E-state index in [0.717, 1.165) is 0 Å². The maximum Gasteiger partial charge on any atom is 0.326 e. The van der Waals surface area contributed by atoms with E-state index in [1.54, 1.807) is 0 Å². The van der Waals surface area contributed by atoms with Crippen molar-refractivity contribution >= 4 is 12.0 Å². The number of hydrogen-bond acceptors (Lipinski definition) is 4. The largest absolute Gasteiger partial charge is 0.480 e. The first-order valence-electron chi connectivity index (χ1n) is 4.20. The highest BCUT2D eigenvalue weighted by Crippen LogP contribution is 1.90. The molecule has 0 fully saturated rings. The Bertz CT molecular complexity index is 197. The van der Waals surface area contributed by atoms with Crippen molar-refractivity contribution < 1.29 is 19.8 Å². The van der Waals surface area contributed by atoms with Gasteiger partial charge in [-0.2, -0.15) is 0 Å². The molecule has 0 bridgehead atoms. The predicted molar refractivity (Wildman–Crippen MR) is 48.7 cm³/mol. The minimum absolute atomic E-state index is 0.0224. The normalized spacial score (nSPS) is 11.9. The van der Waals surface area contributed by atoms with E-state index in [1.165, 1.54) is 0 Å². The second kappa shape index (κ2) is 7.10. The van der Waals surface area contributed by atoms with Crippen molar-refractivity contribution in [1.82, 2.24) is 10.6 Å². The molecular weight excluding hydrogens is 190 g/mol. The summed E-state index contributed by atoms with van der Waals surface area (Å²) in [4.78, 5) is 21.5. The number of nitrogens with one attached hydrogen (secondary N) is 2. The molecule has 2 amide bonds. The Labute approximate surface area is 81.3 Å². The lowest BCUT2D eigenvalue weighted by molar-refractivity contribution is -0.139. The van der Waals surface area contributed by atoms with E-state index >= 15 is 0 Å². The Hall–Kier alpha value is -1.34. The van der Waals surface area contributed by atoms with E-state index in [4.69, 9.17) is 15.9 Å². The SMILES string of the molecule is NCCNC(=O)NC(CCO)C(=O)O. The van der Waals surface area contributed by atoms with Crippen LogP contribution in [0.25, 0.3) is 0 Å². The Kier molecular flexibility index (Phi) is 6.42. The fourth-order valence-corrected chi connectivity index (χ4v) is 0.781. The van der Waals surface area contributed by atoms with Crippen LogP contribution in [0.3, 0.4) is 0 Å². The monoisotopic (exact) mass is 205 g/mol. The van der Waals surface area contributed by atoms with Gasteiger partial charge in [0.2, 0.25) is 0 Å². The maximum atomic E-state index is 11.0. The molecule has 0 saturated carbocycles. The number of carboxylic acids is 1. The third-order valence-electron chi connectivity index (χ3n) is 1.45. The van der Waals surface area contributed by atoms with Gasteiger partial charge in [0.1, 0.15) is 6.04 Å². The number of carboxylic acid groups (broad SMARTS) is 1. The number of urea groups is 1. The van der Waals surface area contributed by atoms with E-state index in [-0.39, 0.29) is 26.1 Å². The molecule has 7 nitrogen and oxygen atoms in total. The van der Waals surface area contributed by atoms with Gasteiger partial charge in [-0.15, -0.1) is 0 Å². The third kappa shape index (κ3) is 5.33. The van der Waals surface area contributed by atoms with Crippen LogP contribution in [-0.4, -0.2) is 48.0 Å². The van der Waals surface area contributed by atoms with Gasteiger partial charge in [0.05, 0.1) is 0 Å². The van der Waals surface area contributed by atoms with Crippen LogP contribution in [0, 0.1) is 0 Å². The first-order chi connectivity index (χ1) is 6.61. The molecule has 0 aliphatic heterocycles. The molecule has 1 atom stereocenters. The van der Waals surface area contributed by atoms with Crippen LogP contribution in [0.15, 0.2) is 0 Å². The summed E-state index contributed by atoms with van der Waals surface area (Å²) in [5.41, 5.74) is 5.13. The van der Waals surface area contributed by atoms with E-state index in [2.05, 4.69) is 10.6 Å². The molecule has 82 valence electrons. The second-order valence-corrected chi connectivity index (χ2v) is 2.59. The van der Waals surface area contributed by atoms with Gasteiger partial charge in [-0.25, -0.2) is 9.59 Å². The van der Waals surface area contributed by atoms with Gasteiger partial charge in [0.25, 0.3) is 0 Å². The minimum Gasteiger partial charge on any atom is -0.480 e. The van der Waals surface area contributed by atoms with Crippen LogP contribution >= 0.6 is 0 Å². The molecule has 6 N–H and O–H groups in total. The topological polar surface area (TPSA) is 125 Å². The average Bonchev–Trinajstić information content (AvgIpc) is 2.14. The van der Waals surface area contributed by atoms with Crippen LogP contribution in [0.1, 0.15) is 6.42 Å². The van der Waals surface area contributed by atoms with Gasteiger partial charge < -0.3 is 26.6 Å². The van der Waals surface area contributed by atoms with E-state index in [0.29, 0.717) is 0 Å². The van der Waals surface area contributed by atoms with Crippen LogP contribution in [0.5, 0.6) is 0 Å². The Morgan fingerprint density at radius 1 is 1.43 bits per heavy atom. The molecule has 14 heavy (non-hydrogen) atoms. The Morgan fingerprint density at radius 3 is 2.50 bits per heavy atom. The lowest BCUT2D eigenvalue weighted by Crippen LogP contribution is -2.47. The smallest absolute Gasteiger partial charge is 0.326 e. The van der Waals surface area contributed by atoms with Gasteiger partial charge >= 0.3 is 12.0 Å². The fraction of sp³-hybridized carbons (Fsp3) is 0.714. The zero-order chi connectivity index (χ0) is 11.0. The van der Waals surface area contributed by atoms with Crippen LogP contribution in [0.2, 0.25) is 0 Å². The first-order valence-corrected chi connectivity index (χ1v) is 4.20. The number of carbonyl (C=O) groups is 2. The number of aliphatic hydroxyl groups is 1. The highest BCUT2D eigenvalue weighted by Gasteiger charge is 2.18. The number of amides is 2.